The van der Waals surface area contributed by atoms with E-state index in [9.17, 15) is 4.79 Å². The van der Waals surface area contributed by atoms with Crippen LogP contribution >= 0.6 is 11.6 Å². The Morgan fingerprint density at radius 2 is 1.90 bits per heavy atom. The number of amides is 1. The minimum atomic E-state index is -0.112. The average molecular weight is 413 g/mol. The topological polar surface area (TPSA) is 58.6 Å². The minimum absolute atomic E-state index is 0.112. The predicted molar refractivity (Wildman–Crippen MR) is 112 cm³/mol. The molecule has 2 aliphatic rings. The summed E-state index contributed by atoms with van der Waals surface area (Å²) < 4.78 is 5.54. The number of hydrogen-bond donors (Lipinski definition) is 0. The first-order valence-electron chi connectivity index (χ1n) is 10.1. The first-order valence-corrected chi connectivity index (χ1v) is 10.5. The molecule has 0 spiro atoms. The summed E-state index contributed by atoms with van der Waals surface area (Å²) >= 11 is 6.30. The zero-order valence-electron chi connectivity index (χ0n) is 16.3. The molecule has 152 valence electrons. The van der Waals surface area contributed by atoms with Crippen molar-refractivity contribution in [1.82, 2.24) is 19.8 Å². The summed E-state index contributed by atoms with van der Waals surface area (Å²) in [6.07, 6.45) is 9.26. The number of piperidine rings is 1. The molecule has 7 heteroatoms. The van der Waals surface area contributed by atoms with Crippen molar-refractivity contribution in [3.8, 4) is 5.75 Å². The fraction of sp³-hybridized carbons (Fsp3) is 0.409. The van der Waals surface area contributed by atoms with Gasteiger partial charge in [0.15, 0.2) is 0 Å². The summed E-state index contributed by atoms with van der Waals surface area (Å²) in [6.45, 7) is 3.67. The number of carbonyl (C=O) groups is 1. The highest BCUT2D eigenvalue weighted by Crippen LogP contribution is 2.28. The first kappa shape index (κ1) is 19.9. The molecule has 2 aliphatic heterocycles. The fourth-order valence-electron chi connectivity index (χ4n) is 3.97. The van der Waals surface area contributed by atoms with Crippen molar-refractivity contribution in [3.05, 3.63) is 65.5 Å². The van der Waals surface area contributed by atoms with E-state index in [0.29, 0.717) is 28.9 Å². The third-order valence-electron chi connectivity index (χ3n) is 5.47. The van der Waals surface area contributed by atoms with Crippen molar-refractivity contribution in [2.24, 2.45) is 0 Å². The van der Waals surface area contributed by atoms with Crippen LogP contribution in [0.25, 0.3) is 0 Å². The van der Waals surface area contributed by atoms with Gasteiger partial charge in [-0.2, -0.15) is 0 Å². The van der Waals surface area contributed by atoms with Crippen LogP contribution in [-0.4, -0.2) is 51.9 Å². The maximum atomic E-state index is 12.8. The van der Waals surface area contributed by atoms with Gasteiger partial charge >= 0.3 is 0 Å². The average Bonchev–Trinajstić information content (AvgIpc) is 2.89. The van der Waals surface area contributed by atoms with Gasteiger partial charge in [0, 0.05) is 31.4 Å². The number of para-hydroxylation sites is 1. The molecule has 1 unspecified atom stereocenters. The number of rotatable bonds is 6. The number of ether oxygens (including phenoxy) is 1. The Labute approximate surface area is 176 Å². The zero-order chi connectivity index (χ0) is 20.1. The van der Waals surface area contributed by atoms with Crippen LogP contribution in [0.5, 0.6) is 5.75 Å². The van der Waals surface area contributed by atoms with E-state index in [1.54, 1.807) is 17.0 Å². The monoisotopic (exact) mass is 412 g/mol. The Morgan fingerprint density at radius 1 is 1.10 bits per heavy atom. The highest BCUT2D eigenvalue weighted by Gasteiger charge is 2.26. The van der Waals surface area contributed by atoms with Gasteiger partial charge in [0.05, 0.1) is 5.56 Å². The molecule has 1 amide bonds. The SMILES string of the molecule is O=C1c2ccccc2OC=C(Cl)N1CCCCN1CCCC(c2ncccn2)C1. The molecule has 1 saturated heterocycles. The van der Waals surface area contributed by atoms with Crippen molar-refractivity contribution in [1.29, 1.82) is 0 Å². The molecule has 0 aliphatic carbocycles. The Balaban J connectivity index is 1.28. The second kappa shape index (κ2) is 9.37. The van der Waals surface area contributed by atoms with Crippen molar-refractivity contribution in [2.45, 2.75) is 31.6 Å². The van der Waals surface area contributed by atoms with Gasteiger partial charge in [0.2, 0.25) is 0 Å². The molecule has 1 aromatic heterocycles. The van der Waals surface area contributed by atoms with Gasteiger partial charge in [0.1, 0.15) is 23.0 Å². The molecule has 1 aromatic carbocycles. The van der Waals surface area contributed by atoms with Gasteiger partial charge < -0.3 is 9.64 Å². The van der Waals surface area contributed by atoms with Gasteiger partial charge in [-0.1, -0.05) is 23.7 Å². The number of unbranched alkanes of at least 4 members (excludes halogenated alkanes) is 1. The molecule has 4 rings (SSSR count). The van der Waals surface area contributed by atoms with Crippen molar-refractivity contribution >= 4 is 17.5 Å². The number of likely N-dealkylation sites (tertiary alicyclic amines) is 1. The van der Waals surface area contributed by atoms with Gasteiger partial charge in [-0.3, -0.25) is 9.69 Å². The van der Waals surface area contributed by atoms with Crippen molar-refractivity contribution in [2.75, 3.05) is 26.2 Å². The van der Waals surface area contributed by atoms with E-state index < -0.39 is 0 Å². The van der Waals surface area contributed by atoms with E-state index >= 15 is 0 Å². The second-order valence-electron chi connectivity index (χ2n) is 7.47. The molecule has 29 heavy (non-hydrogen) atoms. The van der Waals surface area contributed by atoms with E-state index in [4.69, 9.17) is 16.3 Å². The van der Waals surface area contributed by atoms with Crippen LogP contribution in [-0.2, 0) is 0 Å². The lowest BCUT2D eigenvalue weighted by atomic mass is 9.97. The second-order valence-corrected chi connectivity index (χ2v) is 7.85. The molecular weight excluding hydrogens is 388 g/mol. The molecule has 3 heterocycles. The zero-order valence-corrected chi connectivity index (χ0v) is 17.1. The number of hydrogen-bond acceptors (Lipinski definition) is 5. The van der Waals surface area contributed by atoms with Crippen LogP contribution in [0.2, 0.25) is 0 Å². The third-order valence-corrected chi connectivity index (χ3v) is 5.76. The van der Waals surface area contributed by atoms with Gasteiger partial charge in [-0.25, -0.2) is 9.97 Å². The summed E-state index contributed by atoms with van der Waals surface area (Å²) in [5, 5.41) is 0.325. The lowest BCUT2D eigenvalue weighted by Crippen LogP contribution is -2.36. The van der Waals surface area contributed by atoms with Crippen LogP contribution in [0.3, 0.4) is 0 Å². The molecule has 0 N–H and O–H groups in total. The molecule has 1 fully saturated rings. The molecule has 1 atom stereocenters. The minimum Gasteiger partial charge on any atom is -0.461 e. The number of benzene rings is 1. The Hall–Kier alpha value is -2.44. The van der Waals surface area contributed by atoms with E-state index in [1.165, 1.54) is 6.26 Å². The first-order chi connectivity index (χ1) is 14.2. The number of fused-ring (bicyclic) bond motifs is 1. The highest BCUT2D eigenvalue weighted by molar-refractivity contribution is 6.30. The molecule has 2 aromatic rings. The Kier molecular flexibility index (Phi) is 6.42. The van der Waals surface area contributed by atoms with E-state index in [2.05, 4.69) is 14.9 Å². The molecule has 0 radical (unpaired) electrons. The van der Waals surface area contributed by atoms with Crippen LogP contribution in [0, 0.1) is 0 Å². The molecular formula is C22H25ClN4O2. The molecule has 6 nitrogen and oxygen atoms in total. The number of halogens is 1. The Morgan fingerprint density at radius 3 is 2.76 bits per heavy atom. The smallest absolute Gasteiger partial charge is 0.262 e. The number of carbonyl (C=O) groups excluding carboxylic acids is 1. The van der Waals surface area contributed by atoms with Crippen LogP contribution in [0.1, 0.15) is 47.8 Å². The Bertz CT molecular complexity index is 874. The van der Waals surface area contributed by atoms with Crippen molar-refractivity contribution < 1.29 is 9.53 Å². The van der Waals surface area contributed by atoms with Gasteiger partial charge in [0.25, 0.3) is 5.91 Å². The van der Waals surface area contributed by atoms with Gasteiger partial charge in [-0.15, -0.1) is 0 Å². The third kappa shape index (κ3) is 4.77. The van der Waals surface area contributed by atoms with E-state index in [0.717, 1.165) is 51.1 Å². The molecule has 0 bridgehead atoms. The summed E-state index contributed by atoms with van der Waals surface area (Å²) in [4.78, 5) is 25.8. The predicted octanol–water partition coefficient (Wildman–Crippen LogP) is 4.01. The maximum Gasteiger partial charge on any atom is 0.262 e. The lowest BCUT2D eigenvalue weighted by molar-refractivity contribution is 0.0814. The summed E-state index contributed by atoms with van der Waals surface area (Å²) in [7, 11) is 0. The summed E-state index contributed by atoms with van der Waals surface area (Å²) in [5.74, 6) is 1.78. The largest absolute Gasteiger partial charge is 0.461 e. The van der Waals surface area contributed by atoms with Crippen LogP contribution in [0.4, 0.5) is 0 Å². The maximum absolute atomic E-state index is 12.8. The summed E-state index contributed by atoms with van der Waals surface area (Å²) in [5.41, 5.74) is 0.543. The lowest BCUT2D eigenvalue weighted by Gasteiger charge is -2.32. The van der Waals surface area contributed by atoms with E-state index in [1.807, 2.05) is 30.6 Å². The van der Waals surface area contributed by atoms with Gasteiger partial charge in [-0.05, 0) is 57.0 Å². The highest BCUT2D eigenvalue weighted by atomic mass is 35.5. The molecule has 0 saturated carbocycles. The normalized spacial score (nSPS) is 19.9. The van der Waals surface area contributed by atoms with Crippen LogP contribution in [0.15, 0.2) is 54.1 Å². The standard InChI is InChI=1S/C22H25ClN4O2/c23-20-16-29-19-9-2-1-8-18(19)22(28)27(20)14-4-3-12-26-13-5-7-17(15-26)21-24-10-6-11-25-21/h1-2,6,8-11,16-17H,3-5,7,12-15H2. The number of nitrogens with zero attached hydrogens (tertiary/aromatic N) is 4. The van der Waals surface area contributed by atoms with Crippen molar-refractivity contribution in [3.63, 3.8) is 0 Å². The van der Waals surface area contributed by atoms with Crippen LogP contribution < -0.4 is 4.74 Å². The number of aromatic nitrogens is 2. The fourth-order valence-corrected chi connectivity index (χ4v) is 4.17. The quantitative estimate of drug-likeness (QED) is 0.530. The van der Waals surface area contributed by atoms with E-state index in [-0.39, 0.29) is 5.91 Å². The summed E-state index contributed by atoms with van der Waals surface area (Å²) in [6, 6.07) is 9.09.